The lowest BCUT2D eigenvalue weighted by Crippen LogP contribution is -2.15. The zero-order valence-electron chi connectivity index (χ0n) is 21.0. The molecule has 0 fully saturated rings. The molecule has 4 aromatic rings. The summed E-state index contributed by atoms with van der Waals surface area (Å²) in [5, 5.41) is 8.36. The average molecular weight is 506 g/mol. The highest BCUT2D eigenvalue weighted by molar-refractivity contribution is 7.54. The summed E-state index contributed by atoms with van der Waals surface area (Å²) in [5.41, 5.74) is 5.05. The molecule has 1 heterocycles. The Balaban J connectivity index is 1.91. The predicted molar refractivity (Wildman–Crippen MR) is 144 cm³/mol. The molecule has 1 aromatic heterocycles. The number of hydrogen-bond acceptors (Lipinski definition) is 6. The topological polar surface area (TPSA) is 74.6 Å². The van der Waals surface area contributed by atoms with Crippen LogP contribution in [0.1, 0.15) is 30.8 Å². The SMILES string of the molecule is CCOP(=O)(OCC)C(Nc1ccc(C)cc1)c1cn(-c2ccccc2)nc1-c1ccc(OC)cc1. The summed E-state index contributed by atoms with van der Waals surface area (Å²) in [4.78, 5) is 0. The van der Waals surface area contributed by atoms with Crippen molar-refractivity contribution >= 4 is 13.3 Å². The Morgan fingerprint density at radius 3 is 2.14 bits per heavy atom. The maximum atomic E-state index is 14.3. The normalized spacial score (nSPS) is 12.3. The van der Waals surface area contributed by atoms with Gasteiger partial charge in [-0.25, -0.2) is 4.68 Å². The molecule has 0 bridgehead atoms. The first kappa shape index (κ1) is 25.7. The molecule has 0 aliphatic carbocycles. The molecule has 0 saturated carbocycles. The molecule has 0 amide bonds. The highest BCUT2D eigenvalue weighted by Gasteiger charge is 2.40. The molecule has 8 heteroatoms. The average Bonchev–Trinajstić information content (AvgIpc) is 3.34. The minimum absolute atomic E-state index is 0.244. The van der Waals surface area contributed by atoms with Gasteiger partial charge in [-0.3, -0.25) is 4.57 Å². The number of nitrogens with zero attached hydrogens (tertiary/aromatic N) is 2. The number of hydrogen-bond donors (Lipinski definition) is 1. The monoisotopic (exact) mass is 505 g/mol. The number of anilines is 1. The molecule has 7 nitrogen and oxygen atoms in total. The number of benzene rings is 3. The van der Waals surface area contributed by atoms with Crippen molar-refractivity contribution in [3.8, 4) is 22.7 Å². The van der Waals surface area contributed by atoms with Crippen molar-refractivity contribution in [3.63, 3.8) is 0 Å². The Labute approximate surface area is 212 Å². The Morgan fingerprint density at radius 1 is 0.917 bits per heavy atom. The number of para-hydroxylation sites is 1. The number of nitrogens with one attached hydrogen (secondary N) is 1. The van der Waals surface area contributed by atoms with Crippen LogP contribution in [0.3, 0.4) is 0 Å². The van der Waals surface area contributed by atoms with Gasteiger partial charge in [0.1, 0.15) is 5.75 Å². The van der Waals surface area contributed by atoms with Crippen molar-refractivity contribution < 1.29 is 18.3 Å². The van der Waals surface area contributed by atoms with E-state index in [1.54, 1.807) is 11.8 Å². The van der Waals surface area contributed by atoms with E-state index in [9.17, 15) is 4.57 Å². The lowest BCUT2D eigenvalue weighted by Gasteiger charge is -2.28. The predicted octanol–water partition coefficient (Wildman–Crippen LogP) is 7.23. The molecular weight excluding hydrogens is 473 g/mol. The lowest BCUT2D eigenvalue weighted by molar-refractivity contribution is 0.214. The molecule has 36 heavy (non-hydrogen) atoms. The fourth-order valence-corrected chi connectivity index (χ4v) is 5.88. The van der Waals surface area contributed by atoms with Gasteiger partial charge >= 0.3 is 7.60 Å². The quantitative estimate of drug-likeness (QED) is 0.217. The Hall–Kier alpha value is -3.38. The third kappa shape index (κ3) is 5.71. The first-order valence-electron chi connectivity index (χ1n) is 12.0. The van der Waals surface area contributed by atoms with Gasteiger partial charge in [-0.1, -0.05) is 35.9 Å². The van der Waals surface area contributed by atoms with Crippen LogP contribution in [-0.4, -0.2) is 30.1 Å². The highest BCUT2D eigenvalue weighted by atomic mass is 31.2. The smallest absolute Gasteiger partial charge is 0.357 e. The molecular formula is C28H32N3O4P. The Kier molecular flexibility index (Phi) is 8.26. The summed E-state index contributed by atoms with van der Waals surface area (Å²) in [6.45, 7) is 6.14. The largest absolute Gasteiger partial charge is 0.497 e. The summed E-state index contributed by atoms with van der Waals surface area (Å²) >= 11 is 0. The number of aryl methyl sites for hydroxylation is 1. The molecule has 188 valence electrons. The van der Waals surface area contributed by atoms with Crippen LogP contribution in [-0.2, 0) is 13.6 Å². The molecule has 1 atom stereocenters. The molecule has 0 aliphatic rings. The number of rotatable bonds is 11. The highest BCUT2D eigenvalue weighted by Crippen LogP contribution is 2.62. The van der Waals surface area contributed by atoms with Crippen molar-refractivity contribution in [2.75, 3.05) is 25.6 Å². The number of aromatic nitrogens is 2. The van der Waals surface area contributed by atoms with Crippen LogP contribution in [0.2, 0.25) is 0 Å². The van der Waals surface area contributed by atoms with Crippen molar-refractivity contribution in [2.24, 2.45) is 0 Å². The molecule has 0 saturated heterocycles. The van der Waals surface area contributed by atoms with E-state index in [-0.39, 0.29) is 13.2 Å². The Bertz CT molecular complexity index is 1300. The van der Waals surface area contributed by atoms with Gasteiger partial charge < -0.3 is 19.1 Å². The van der Waals surface area contributed by atoms with Crippen LogP contribution >= 0.6 is 7.60 Å². The minimum atomic E-state index is -3.66. The van der Waals surface area contributed by atoms with Crippen molar-refractivity contribution in [1.29, 1.82) is 0 Å². The van der Waals surface area contributed by atoms with E-state index in [0.29, 0.717) is 11.3 Å². The van der Waals surface area contributed by atoms with Gasteiger partial charge in [0.2, 0.25) is 0 Å². The van der Waals surface area contributed by atoms with Gasteiger partial charge in [0.05, 0.1) is 31.7 Å². The van der Waals surface area contributed by atoms with Crippen molar-refractivity contribution in [2.45, 2.75) is 26.6 Å². The second-order valence-corrected chi connectivity index (χ2v) is 10.3. The van der Waals surface area contributed by atoms with Crippen molar-refractivity contribution in [3.05, 3.63) is 96.2 Å². The van der Waals surface area contributed by atoms with E-state index < -0.39 is 13.4 Å². The van der Waals surface area contributed by atoms with E-state index in [4.69, 9.17) is 18.9 Å². The maximum absolute atomic E-state index is 14.3. The van der Waals surface area contributed by atoms with Crippen LogP contribution in [0.15, 0.2) is 85.1 Å². The molecule has 0 aliphatic heterocycles. The van der Waals surface area contributed by atoms with E-state index in [1.807, 2.05) is 106 Å². The van der Waals surface area contributed by atoms with Crippen molar-refractivity contribution in [1.82, 2.24) is 9.78 Å². The van der Waals surface area contributed by atoms with Gasteiger partial charge in [0, 0.05) is 23.0 Å². The van der Waals surface area contributed by atoms with Crippen LogP contribution in [0.25, 0.3) is 16.9 Å². The molecule has 1 N–H and O–H groups in total. The van der Waals surface area contributed by atoms with Crippen LogP contribution in [0.5, 0.6) is 5.75 Å². The third-order valence-corrected chi connectivity index (χ3v) is 7.99. The maximum Gasteiger partial charge on any atom is 0.357 e. The standard InChI is InChI=1S/C28H32N3O4P/c1-5-34-36(32,35-6-2)28(29-23-16-12-21(3)13-17-23)26-20-31(24-10-8-7-9-11-24)30-27(26)22-14-18-25(33-4)19-15-22/h7-20,28-29H,5-6H2,1-4H3. The molecule has 0 spiro atoms. The molecule has 1 unspecified atom stereocenters. The minimum Gasteiger partial charge on any atom is -0.497 e. The zero-order valence-corrected chi connectivity index (χ0v) is 21.9. The second-order valence-electron chi connectivity index (χ2n) is 8.23. The van der Waals surface area contributed by atoms with Gasteiger partial charge in [-0.05, 0) is 69.3 Å². The number of ether oxygens (including phenoxy) is 1. The summed E-state index contributed by atoms with van der Waals surface area (Å²) in [7, 11) is -2.03. The zero-order chi connectivity index (χ0) is 25.5. The summed E-state index contributed by atoms with van der Waals surface area (Å²) < 4.78 is 33.1. The summed E-state index contributed by atoms with van der Waals surface area (Å²) in [5.74, 6) is -0.0545. The fourth-order valence-electron chi connectivity index (χ4n) is 3.95. The second kappa shape index (κ2) is 11.6. The van der Waals surface area contributed by atoms with E-state index in [1.165, 1.54) is 0 Å². The lowest BCUT2D eigenvalue weighted by atomic mass is 10.1. The van der Waals surface area contributed by atoms with Gasteiger partial charge in [0.15, 0.2) is 5.78 Å². The van der Waals surface area contributed by atoms with Crippen LogP contribution < -0.4 is 10.1 Å². The number of methoxy groups -OCH3 is 1. The fraction of sp³-hybridized carbons (Fsp3) is 0.250. The van der Waals surface area contributed by atoms with Gasteiger partial charge in [-0.2, -0.15) is 5.10 Å². The van der Waals surface area contributed by atoms with Gasteiger partial charge in [-0.15, -0.1) is 0 Å². The summed E-state index contributed by atoms with van der Waals surface area (Å²) in [6.07, 6.45) is 1.89. The first-order chi connectivity index (χ1) is 17.5. The third-order valence-electron chi connectivity index (χ3n) is 5.71. The van der Waals surface area contributed by atoms with E-state index in [2.05, 4.69) is 5.32 Å². The Morgan fingerprint density at radius 2 is 1.56 bits per heavy atom. The van der Waals surface area contributed by atoms with Crippen LogP contribution in [0.4, 0.5) is 5.69 Å². The summed E-state index contributed by atoms with van der Waals surface area (Å²) in [6, 6.07) is 25.4. The molecule has 4 rings (SSSR count). The van der Waals surface area contributed by atoms with Crippen LogP contribution in [0, 0.1) is 6.92 Å². The molecule has 0 radical (unpaired) electrons. The first-order valence-corrected chi connectivity index (χ1v) is 13.6. The van der Waals surface area contributed by atoms with E-state index >= 15 is 0 Å². The molecule has 3 aromatic carbocycles. The van der Waals surface area contributed by atoms with E-state index in [0.717, 1.165) is 28.3 Å². The van der Waals surface area contributed by atoms with Gasteiger partial charge in [0.25, 0.3) is 0 Å².